The number of nitrogens with zero attached hydrogens (tertiary/aromatic N) is 6. The van der Waals surface area contributed by atoms with E-state index in [0.717, 1.165) is 11.1 Å². The number of fused-ring (bicyclic) bond motifs is 2. The summed E-state index contributed by atoms with van der Waals surface area (Å²) in [7, 11) is 0. The van der Waals surface area contributed by atoms with Crippen LogP contribution in [-0.2, 0) is 6.67 Å². The zero-order valence-electron chi connectivity index (χ0n) is 18.1. The van der Waals surface area contributed by atoms with Gasteiger partial charge in [-0.25, -0.2) is 28.5 Å². The Hall–Kier alpha value is -3.82. The lowest BCUT2D eigenvalue weighted by Gasteiger charge is -2.43. The molecule has 1 amide bonds. The van der Waals surface area contributed by atoms with Gasteiger partial charge in [-0.1, -0.05) is 0 Å². The molecule has 1 aromatic carbocycles. The van der Waals surface area contributed by atoms with Crippen LogP contribution < -0.4 is 4.90 Å². The number of rotatable bonds is 3. The van der Waals surface area contributed by atoms with E-state index in [-0.39, 0.29) is 23.4 Å². The Morgan fingerprint density at radius 1 is 1.15 bits per heavy atom. The fraction of sp³-hybridized carbons (Fsp3) is 0.304. The second kappa shape index (κ2) is 7.95. The van der Waals surface area contributed by atoms with Gasteiger partial charge in [0.25, 0.3) is 0 Å². The predicted octanol–water partition coefficient (Wildman–Crippen LogP) is 4.13. The Balaban J connectivity index is 1.45. The summed E-state index contributed by atoms with van der Waals surface area (Å²) < 4.78 is 28.8. The number of hydrogen-bond donors (Lipinski definition) is 1. The zero-order valence-corrected chi connectivity index (χ0v) is 18.1. The van der Waals surface area contributed by atoms with Gasteiger partial charge >= 0.3 is 6.09 Å². The number of benzene rings is 1. The molecule has 0 spiro atoms. The van der Waals surface area contributed by atoms with E-state index in [1.807, 2.05) is 32.0 Å². The molecule has 0 aliphatic carbocycles. The van der Waals surface area contributed by atoms with Crippen LogP contribution in [0.15, 0.2) is 42.9 Å². The molecule has 0 bridgehead atoms. The van der Waals surface area contributed by atoms with Crippen molar-refractivity contribution in [3.63, 3.8) is 0 Å². The van der Waals surface area contributed by atoms with E-state index in [1.54, 1.807) is 12.4 Å². The summed E-state index contributed by atoms with van der Waals surface area (Å²) in [6, 6.07) is 6.83. The lowest BCUT2D eigenvalue weighted by Crippen LogP contribution is -2.58. The van der Waals surface area contributed by atoms with Gasteiger partial charge in [0.05, 0.1) is 23.3 Å². The average Bonchev–Trinajstić information content (AvgIpc) is 3.21. The highest BCUT2D eigenvalue weighted by Gasteiger charge is 2.32. The Morgan fingerprint density at radius 3 is 2.61 bits per heavy atom. The van der Waals surface area contributed by atoms with Gasteiger partial charge in [-0.15, -0.1) is 0 Å². The van der Waals surface area contributed by atoms with Gasteiger partial charge in [0.1, 0.15) is 6.67 Å². The Kier molecular flexibility index (Phi) is 5.07. The van der Waals surface area contributed by atoms with Gasteiger partial charge in [0.2, 0.25) is 0 Å². The van der Waals surface area contributed by atoms with Crippen molar-refractivity contribution in [3.8, 4) is 11.4 Å². The molecule has 0 saturated carbocycles. The number of carboxylic acid groups (broad SMARTS) is 1. The molecule has 10 heteroatoms. The first-order chi connectivity index (χ1) is 15.8. The van der Waals surface area contributed by atoms with Gasteiger partial charge in [0.15, 0.2) is 17.3 Å². The van der Waals surface area contributed by atoms with Crippen LogP contribution in [0, 0.1) is 5.82 Å². The number of imidazole rings is 1. The molecule has 1 aliphatic heterocycles. The number of pyridine rings is 1. The normalized spacial score (nSPS) is 18.9. The molecular weight excluding hydrogens is 430 g/mol. The third kappa shape index (κ3) is 3.71. The predicted molar refractivity (Wildman–Crippen MR) is 119 cm³/mol. The van der Waals surface area contributed by atoms with Crippen LogP contribution in [0.3, 0.4) is 0 Å². The molecule has 3 aromatic heterocycles. The molecule has 0 radical (unpaired) electrons. The SMILES string of the molecule is C[C@@H]1CN(c2ccc3nc(-c4cc(F)c5nc(CF)cn5c4)ncc3c2)C[C@H](C)N1C(=O)O. The van der Waals surface area contributed by atoms with Crippen LogP contribution in [0.4, 0.5) is 19.3 Å². The lowest BCUT2D eigenvalue weighted by molar-refractivity contribution is 0.0983. The molecule has 0 unspecified atom stereocenters. The van der Waals surface area contributed by atoms with E-state index in [4.69, 9.17) is 0 Å². The van der Waals surface area contributed by atoms with Crippen LogP contribution >= 0.6 is 0 Å². The summed E-state index contributed by atoms with van der Waals surface area (Å²) in [6.07, 6.45) is 3.86. The second-order valence-corrected chi connectivity index (χ2v) is 8.40. The van der Waals surface area contributed by atoms with Crippen LogP contribution in [0.25, 0.3) is 27.9 Å². The highest BCUT2D eigenvalue weighted by atomic mass is 19.1. The molecular formula is C23H22F2N6O2. The summed E-state index contributed by atoms with van der Waals surface area (Å²) >= 11 is 0. The fourth-order valence-electron chi connectivity index (χ4n) is 4.56. The number of aromatic nitrogens is 4. The molecule has 8 nitrogen and oxygen atoms in total. The molecule has 4 heterocycles. The van der Waals surface area contributed by atoms with Crippen molar-refractivity contribution in [1.29, 1.82) is 0 Å². The van der Waals surface area contributed by atoms with E-state index in [0.29, 0.717) is 30.0 Å². The number of amides is 1. The highest BCUT2D eigenvalue weighted by molar-refractivity contribution is 5.83. The van der Waals surface area contributed by atoms with Crippen LogP contribution in [0.2, 0.25) is 0 Å². The number of halogens is 2. The van der Waals surface area contributed by atoms with Crippen molar-refractivity contribution in [1.82, 2.24) is 24.3 Å². The maximum Gasteiger partial charge on any atom is 0.407 e. The third-order valence-corrected chi connectivity index (χ3v) is 6.02. The topological polar surface area (TPSA) is 86.9 Å². The molecule has 170 valence electrons. The smallest absolute Gasteiger partial charge is 0.407 e. The quantitative estimate of drug-likeness (QED) is 0.503. The summed E-state index contributed by atoms with van der Waals surface area (Å²) in [4.78, 5) is 28.1. The molecule has 1 saturated heterocycles. The summed E-state index contributed by atoms with van der Waals surface area (Å²) in [5, 5.41) is 10.3. The van der Waals surface area contributed by atoms with Gasteiger partial charge < -0.3 is 14.4 Å². The third-order valence-electron chi connectivity index (χ3n) is 6.02. The highest BCUT2D eigenvalue weighted by Crippen LogP contribution is 2.27. The monoisotopic (exact) mass is 452 g/mol. The first-order valence-corrected chi connectivity index (χ1v) is 10.6. The van der Waals surface area contributed by atoms with E-state index >= 15 is 0 Å². The number of alkyl halides is 1. The Bertz CT molecular complexity index is 1360. The van der Waals surface area contributed by atoms with Crippen molar-refractivity contribution in [2.45, 2.75) is 32.6 Å². The number of anilines is 1. The van der Waals surface area contributed by atoms with E-state index in [1.165, 1.54) is 21.6 Å². The maximum atomic E-state index is 14.5. The number of carbonyl (C=O) groups is 1. The number of piperazine rings is 1. The van der Waals surface area contributed by atoms with E-state index in [2.05, 4.69) is 19.9 Å². The van der Waals surface area contributed by atoms with E-state index in [9.17, 15) is 18.7 Å². The van der Waals surface area contributed by atoms with Gasteiger partial charge in [-0.2, -0.15) is 0 Å². The second-order valence-electron chi connectivity index (χ2n) is 8.40. The minimum absolute atomic E-state index is 0.0586. The van der Waals surface area contributed by atoms with Gasteiger partial charge in [-0.3, -0.25) is 4.90 Å². The lowest BCUT2D eigenvalue weighted by atomic mass is 10.1. The minimum Gasteiger partial charge on any atom is -0.465 e. The molecule has 33 heavy (non-hydrogen) atoms. The summed E-state index contributed by atoms with van der Waals surface area (Å²) in [5.74, 6) is -0.223. The molecule has 1 aliphatic rings. The van der Waals surface area contributed by atoms with Crippen LogP contribution in [-0.4, -0.2) is 60.6 Å². The van der Waals surface area contributed by atoms with Crippen molar-refractivity contribution < 1.29 is 18.7 Å². The molecule has 1 N–H and O–H groups in total. The van der Waals surface area contributed by atoms with Gasteiger partial charge in [-0.05, 0) is 38.1 Å². The Morgan fingerprint density at radius 2 is 1.91 bits per heavy atom. The molecule has 2 atom stereocenters. The molecule has 1 fully saturated rings. The summed E-state index contributed by atoms with van der Waals surface area (Å²) in [5.41, 5.74) is 2.34. The Labute approximate surface area is 188 Å². The van der Waals surface area contributed by atoms with E-state index < -0.39 is 18.6 Å². The van der Waals surface area contributed by atoms with Crippen molar-refractivity contribution in [2.75, 3.05) is 18.0 Å². The largest absolute Gasteiger partial charge is 0.465 e. The minimum atomic E-state index is -0.902. The maximum absolute atomic E-state index is 14.5. The van der Waals surface area contributed by atoms with Gasteiger partial charge in [0, 0.05) is 48.3 Å². The molecule has 4 aromatic rings. The first-order valence-electron chi connectivity index (χ1n) is 10.6. The summed E-state index contributed by atoms with van der Waals surface area (Å²) in [6.45, 7) is 4.21. The van der Waals surface area contributed by atoms with Crippen molar-refractivity contribution in [3.05, 3.63) is 54.4 Å². The average molecular weight is 452 g/mol. The molecule has 5 rings (SSSR count). The standard InChI is InChI=1S/C23H22F2N6O2/c1-13-9-29(10-14(2)31(13)23(32)33)18-3-4-20-15(5-18)8-26-21(28-20)16-6-19(25)22-27-17(7-24)12-30(22)11-16/h3-6,8,11-14H,7,9-10H2,1-2H3,(H,32,33)/t13-,14+. The van der Waals surface area contributed by atoms with Crippen LogP contribution in [0.1, 0.15) is 19.5 Å². The van der Waals surface area contributed by atoms with Crippen molar-refractivity contribution >= 4 is 28.3 Å². The van der Waals surface area contributed by atoms with Crippen LogP contribution in [0.5, 0.6) is 0 Å². The zero-order chi connectivity index (χ0) is 23.3. The first kappa shape index (κ1) is 21.0. The van der Waals surface area contributed by atoms with Crippen molar-refractivity contribution in [2.24, 2.45) is 0 Å². The fourth-order valence-corrected chi connectivity index (χ4v) is 4.56. The number of hydrogen-bond acceptors (Lipinski definition) is 5.